The lowest BCUT2D eigenvalue weighted by Crippen LogP contribution is -2.50. The van der Waals surface area contributed by atoms with Gasteiger partial charge in [0.25, 0.3) is 10.0 Å². The molecule has 1 saturated heterocycles. The Morgan fingerprint density at radius 2 is 1.96 bits per heavy atom. The monoisotopic (exact) mass is 403 g/mol. The van der Waals surface area contributed by atoms with Crippen molar-refractivity contribution in [3.05, 3.63) is 33.5 Å². The highest BCUT2D eigenvalue weighted by molar-refractivity contribution is 7.91. The number of aryl methyl sites for hydroxylation is 2. The van der Waals surface area contributed by atoms with Crippen LogP contribution in [0, 0.1) is 13.8 Å². The predicted octanol–water partition coefficient (Wildman–Crippen LogP) is 2.08. The number of carbonyl (C=O) groups is 1. The van der Waals surface area contributed by atoms with Crippen molar-refractivity contribution in [3.63, 3.8) is 0 Å². The van der Waals surface area contributed by atoms with Crippen molar-refractivity contribution in [2.45, 2.75) is 24.5 Å². The molecule has 10 heteroatoms. The van der Waals surface area contributed by atoms with E-state index in [4.69, 9.17) is 16.1 Å². The molecule has 25 heavy (non-hydrogen) atoms. The molecule has 1 fully saturated rings. The van der Waals surface area contributed by atoms with Gasteiger partial charge in [-0.1, -0.05) is 16.8 Å². The molecule has 1 amide bonds. The van der Waals surface area contributed by atoms with Crippen molar-refractivity contribution in [2.24, 2.45) is 0 Å². The summed E-state index contributed by atoms with van der Waals surface area (Å²) >= 11 is 6.87. The molecule has 3 heterocycles. The van der Waals surface area contributed by atoms with Gasteiger partial charge in [0, 0.05) is 31.7 Å². The topological polar surface area (TPSA) is 83.7 Å². The average Bonchev–Trinajstić information content (AvgIpc) is 3.16. The van der Waals surface area contributed by atoms with E-state index < -0.39 is 10.0 Å². The minimum absolute atomic E-state index is 0.0504. The normalized spacial score (nSPS) is 16.4. The molecule has 1 aliphatic heterocycles. The molecule has 0 saturated carbocycles. The van der Waals surface area contributed by atoms with Crippen LogP contribution in [0.2, 0.25) is 4.34 Å². The van der Waals surface area contributed by atoms with Crippen LogP contribution in [0.4, 0.5) is 0 Å². The maximum absolute atomic E-state index is 12.6. The summed E-state index contributed by atoms with van der Waals surface area (Å²) in [5.74, 6) is 0.590. The molecule has 0 aromatic carbocycles. The summed E-state index contributed by atoms with van der Waals surface area (Å²) < 4.78 is 32.3. The fourth-order valence-electron chi connectivity index (χ4n) is 2.76. The van der Waals surface area contributed by atoms with Crippen LogP contribution in [0.1, 0.15) is 17.0 Å². The van der Waals surface area contributed by atoms with E-state index in [2.05, 4.69) is 5.16 Å². The largest absolute Gasteiger partial charge is 0.361 e. The highest BCUT2D eigenvalue weighted by Crippen LogP contribution is 2.28. The van der Waals surface area contributed by atoms with Crippen LogP contribution in [0.3, 0.4) is 0 Å². The van der Waals surface area contributed by atoms with Gasteiger partial charge in [0.1, 0.15) is 9.97 Å². The molecule has 136 valence electrons. The average molecular weight is 404 g/mol. The van der Waals surface area contributed by atoms with Gasteiger partial charge >= 0.3 is 0 Å². The van der Waals surface area contributed by atoms with Crippen LogP contribution >= 0.6 is 22.9 Å². The van der Waals surface area contributed by atoms with Crippen LogP contribution in [-0.2, 0) is 21.2 Å². The molecule has 0 bridgehead atoms. The maximum Gasteiger partial charge on any atom is 0.252 e. The lowest BCUT2D eigenvalue weighted by atomic mass is 10.1. The number of hydrogen-bond donors (Lipinski definition) is 0. The number of piperazine rings is 1. The minimum Gasteiger partial charge on any atom is -0.361 e. The minimum atomic E-state index is -3.55. The van der Waals surface area contributed by atoms with Crippen molar-refractivity contribution >= 4 is 38.9 Å². The van der Waals surface area contributed by atoms with Crippen LogP contribution in [0.25, 0.3) is 0 Å². The fraction of sp³-hybridized carbons (Fsp3) is 0.467. The Morgan fingerprint density at radius 3 is 2.48 bits per heavy atom. The number of amides is 1. The molecule has 2 aromatic heterocycles. The highest BCUT2D eigenvalue weighted by atomic mass is 35.5. The van der Waals surface area contributed by atoms with Gasteiger partial charge < -0.3 is 9.42 Å². The third-order valence-electron chi connectivity index (χ3n) is 4.24. The quantitative estimate of drug-likeness (QED) is 0.780. The first kappa shape index (κ1) is 18.4. The Bertz CT molecular complexity index is 863. The van der Waals surface area contributed by atoms with E-state index in [1.54, 1.807) is 24.8 Å². The molecule has 0 spiro atoms. The Kier molecular flexibility index (Phi) is 5.19. The summed E-state index contributed by atoms with van der Waals surface area (Å²) in [6.45, 7) is 4.84. The van der Waals surface area contributed by atoms with Gasteiger partial charge in [0.05, 0.1) is 16.5 Å². The number of sulfonamides is 1. The van der Waals surface area contributed by atoms with Gasteiger partial charge in [0.2, 0.25) is 5.91 Å². The zero-order valence-electron chi connectivity index (χ0n) is 13.9. The molecule has 0 atom stereocenters. The van der Waals surface area contributed by atoms with Crippen molar-refractivity contribution < 1.29 is 17.7 Å². The number of hydrogen-bond acceptors (Lipinski definition) is 6. The van der Waals surface area contributed by atoms with Gasteiger partial charge in [-0.3, -0.25) is 4.79 Å². The summed E-state index contributed by atoms with van der Waals surface area (Å²) in [6, 6.07) is 3.08. The van der Waals surface area contributed by atoms with Gasteiger partial charge in [-0.25, -0.2) is 8.42 Å². The van der Waals surface area contributed by atoms with Gasteiger partial charge in [0.15, 0.2) is 0 Å². The zero-order valence-corrected chi connectivity index (χ0v) is 16.2. The molecule has 0 unspecified atom stereocenters. The number of halogens is 1. The summed E-state index contributed by atoms with van der Waals surface area (Å²) in [5.41, 5.74) is 1.51. The zero-order chi connectivity index (χ0) is 18.2. The van der Waals surface area contributed by atoms with Gasteiger partial charge in [-0.05, 0) is 26.0 Å². The third kappa shape index (κ3) is 3.74. The summed E-state index contributed by atoms with van der Waals surface area (Å²) in [4.78, 5) is 14.2. The summed E-state index contributed by atoms with van der Waals surface area (Å²) in [6.07, 6.45) is 0.217. The van der Waals surface area contributed by atoms with E-state index in [-0.39, 0.29) is 29.6 Å². The maximum atomic E-state index is 12.6. The molecular formula is C15H18ClN3O4S2. The Morgan fingerprint density at radius 1 is 1.28 bits per heavy atom. The summed E-state index contributed by atoms with van der Waals surface area (Å²) in [5, 5.41) is 3.85. The van der Waals surface area contributed by atoms with Crippen molar-refractivity contribution in [1.29, 1.82) is 0 Å². The highest BCUT2D eigenvalue weighted by Gasteiger charge is 2.31. The molecule has 0 radical (unpaired) electrons. The van der Waals surface area contributed by atoms with Crippen LogP contribution in [0.5, 0.6) is 0 Å². The first-order valence-corrected chi connectivity index (χ1v) is 10.4. The lowest BCUT2D eigenvalue weighted by molar-refractivity contribution is -0.131. The molecular weight excluding hydrogens is 386 g/mol. The second-order valence-corrected chi connectivity index (χ2v) is 9.70. The number of nitrogens with zero attached hydrogens (tertiary/aromatic N) is 3. The van der Waals surface area contributed by atoms with Crippen LogP contribution in [-0.4, -0.2) is 54.9 Å². The second-order valence-electron chi connectivity index (χ2n) is 5.82. The summed E-state index contributed by atoms with van der Waals surface area (Å²) in [7, 11) is -3.55. The van der Waals surface area contributed by atoms with Crippen molar-refractivity contribution in [2.75, 3.05) is 26.2 Å². The SMILES string of the molecule is Cc1noc(C)c1CC(=O)N1CCN(S(=O)(=O)c2ccc(Cl)s2)CC1. The first-order chi connectivity index (χ1) is 11.8. The van der Waals surface area contributed by atoms with Crippen molar-refractivity contribution in [1.82, 2.24) is 14.4 Å². The van der Waals surface area contributed by atoms with E-state index in [9.17, 15) is 13.2 Å². The Hall–Kier alpha value is -1.42. The number of carbonyl (C=O) groups excluding carboxylic acids is 1. The fourth-order valence-corrected chi connectivity index (χ4v) is 5.82. The van der Waals surface area contributed by atoms with E-state index in [1.807, 2.05) is 0 Å². The van der Waals surface area contributed by atoms with Crippen molar-refractivity contribution in [3.8, 4) is 0 Å². The van der Waals surface area contributed by atoms with E-state index in [0.717, 1.165) is 16.9 Å². The van der Waals surface area contributed by atoms with E-state index in [1.165, 1.54) is 10.4 Å². The standard InChI is InChI=1S/C15H18ClN3O4S2/c1-10-12(11(2)23-17-10)9-14(20)18-5-7-19(8-6-18)25(21,22)15-4-3-13(16)24-15/h3-4H,5-9H2,1-2H3. The molecule has 1 aliphatic rings. The first-order valence-electron chi connectivity index (χ1n) is 7.74. The smallest absolute Gasteiger partial charge is 0.252 e. The molecule has 0 aliphatic carbocycles. The predicted molar refractivity (Wildman–Crippen MR) is 94.3 cm³/mol. The number of thiophene rings is 1. The van der Waals surface area contributed by atoms with Gasteiger partial charge in [-0.2, -0.15) is 4.31 Å². The molecule has 3 rings (SSSR count). The van der Waals surface area contributed by atoms with Gasteiger partial charge in [-0.15, -0.1) is 11.3 Å². The van der Waals surface area contributed by atoms with E-state index in [0.29, 0.717) is 28.9 Å². The van der Waals surface area contributed by atoms with E-state index >= 15 is 0 Å². The molecule has 0 N–H and O–H groups in total. The van der Waals surface area contributed by atoms with Crippen LogP contribution < -0.4 is 0 Å². The number of rotatable bonds is 4. The number of aromatic nitrogens is 1. The Balaban J connectivity index is 1.63. The third-order valence-corrected chi connectivity index (χ3v) is 7.84. The molecule has 7 nitrogen and oxygen atoms in total. The second kappa shape index (κ2) is 7.06. The molecule has 2 aromatic rings. The lowest BCUT2D eigenvalue weighted by Gasteiger charge is -2.33. The Labute approximate surface area is 155 Å². The van der Waals surface area contributed by atoms with Crippen LogP contribution in [0.15, 0.2) is 20.9 Å².